The van der Waals surface area contributed by atoms with E-state index in [2.05, 4.69) is 43.4 Å². The zero-order valence-corrected chi connectivity index (χ0v) is 15.5. The van der Waals surface area contributed by atoms with Crippen LogP contribution in [0.3, 0.4) is 0 Å². The van der Waals surface area contributed by atoms with Crippen LogP contribution in [0.25, 0.3) is 0 Å². The fourth-order valence-corrected chi connectivity index (χ4v) is 2.28. The van der Waals surface area contributed by atoms with E-state index in [1.165, 1.54) is 11.1 Å². The second-order valence-corrected chi connectivity index (χ2v) is 6.83. The van der Waals surface area contributed by atoms with E-state index in [0.717, 1.165) is 13.0 Å². The molecule has 0 fully saturated rings. The highest BCUT2D eigenvalue weighted by Crippen LogP contribution is 2.14. The molecular formula is C19H32N2O2. The van der Waals surface area contributed by atoms with Crippen LogP contribution in [-0.2, 0) is 11.2 Å². The third-order valence-electron chi connectivity index (χ3n) is 3.75. The van der Waals surface area contributed by atoms with Crippen molar-refractivity contribution in [3.63, 3.8) is 0 Å². The highest BCUT2D eigenvalue weighted by Gasteiger charge is 2.20. The van der Waals surface area contributed by atoms with Crippen LogP contribution in [0.15, 0.2) is 24.3 Å². The molecule has 1 amide bonds. The van der Waals surface area contributed by atoms with E-state index in [-0.39, 0.29) is 12.1 Å². The number of benzene rings is 1. The molecule has 23 heavy (non-hydrogen) atoms. The van der Waals surface area contributed by atoms with Crippen molar-refractivity contribution >= 4 is 6.09 Å². The van der Waals surface area contributed by atoms with Gasteiger partial charge in [-0.25, -0.2) is 4.79 Å². The van der Waals surface area contributed by atoms with E-state index in [1.54, 1.807) is 4.90 Å². The predicted octanol–water partition coefficient (Wildman–Crippen LogP) is 4.16. The minimum atomic E-state index is -0.452. The first-order valence-electron chi connectivity index (χ1n) is 8.57. The Bertz CT molecular complexity index is 477. The average Bonchev–Trinajstić information content (AvgIpc) is 2.49. The van der Waals surface area contributed by atoms with Gasteiger partial charge in [-0.3, -0.25) is 0 Å². The number of rotatable bonds is 7. The van der Waals surface area contributed by atoms with E-state index < -0.39 is 5.60 Å². The Balaban J connectivity index is 2.45. The van der Waals surface area contributed by atoms with Crippen molar-refractivity contribution in [3.05, 3.63) is 35.4 Å². The molecule has 4 heteroatoms. The lowest BCUT2D eigenvalue weighted by Gasteiger charge is -2.27. The number of hydrogen-bond acceptors (Lipinski definition) is 3. The van der Waals surface area contributed by atoms with Crippen LogP contribution in [0, 0.1) is 0 Å². The molecule has 1 atom stereocenters. The quantitative estimate of drug-likeness (QED) is 0.820. The maximum Gasteiger partial charge on any atom is 0.410 e. The molecule has 1 aromatic rings. The summed E-state index contributed by atoms with van der Waals surface area (Å²) in [6, 6.07) is 8.95. The van der Waals surface area contributed by atoms with Crippen molar-refractivity contribution in [1.82, 2.24) is 10.2 Å². The Morgan fingerprint density at radius 2 is 1.83 bits per heavy atom. The number of ether oxygens (including phenoxy) is 1. The molecule has 0 bridgehead atoms. The Morgan fingerprint density at radius 3 is 2.30 bits per heavy atom. The van der Waals surface area contributed by atoms with Gasteiger partial charge in [-0.05, 0) is 52.2 Å². The normalized spacial score (nSPS) is 12.8. The maximum atomic E-state index is 12.1. The van der Waals surface area contributed by atoms with Gasteiger partial charge in [-0.15, -0.1) is 0 Å². The van der Waals surface area contributed by atoms with Crippen LogP contribution < -0.4 is 5.32 Å². The Kier molecular flexibility index (Phi) is 7.56. The summed E-state index contributed by atoms with van der Waals surface area (Å²) in [6.07, 6.45) is 0.811. The van der Waals surface area contributed by atoms with Crippen molar-refractivity contribution in [2.24, 2.45) is 0 Å². The van der Waals surface area contributed by atoms with E-state index in [1.807, 2.05) is 27.7 Å². The summed E-state index contributed by atoms with van der Waals surface area (Å²) < 4.78 is 5.42. The summed E-state index contributed by atoms with van der Waals surface area (Å²) in [4.78, 5) is 13.8. The van der Waals surface area contributed by atoms with Crippen LogP contribution in [0.1, 0.15) is 58.7 Å². The molecule has 0 heterocycles. The van der Waals surface area contributed by atoms with Crippen molar-refractivity contribution in [2.45, 2.75) is 59.6 Å². The van der Waals surface area contributed by atoms with Crippen LogP contribution >= 0.6 is 0 Å². The van der Waals surface area contributed by atoms with Gasteiger partial charge in [0.2, 0.25) is 0 Å². The predicted molar refractivity (Wildman–Crippen MR) is 95.7 cm³/mol. The number of amides is 1. The number of hydrogen-bond donors (Lipinski definition) is 1. The van der Waals surface area contributed by atoms with E-state index >= 15 is 0 Å². The molecule has 1 N–H and O–H groups in total. The van der Waals surface area contributed by atoms with Crippen molar-refractivity contribution in [2.75, 3.05) is 19.6 Å². The molecule has 0 radical (unpaired) electrons. The third kappa shape index (κ3) is 7.04. The van der Waals surface area contributed by atoms with Crippen molar-refractivity contribution < 1.29 is 9.53 Å². The Labute approximate surface area is 141 Å². The van der Waals surface area contributed by atoms with E-state index in [4.69, 9.17) is 4.74 Å². The van der Waals surface area contributed by atoms with Gasteiger partial charge in [0.1, 0.15) is 5.60 Å². The Morgan fingerprint density at radius 1 is 1.22 bits per heavy atom. The molecule has 0 aliphatic heterocycles. The molecule has 0 saturated carbocycles. The summed E-state index contributed by atoms with van der Waals surface area (Å²) in [5, 5.41) is 3.47. The fraction of sp³-hybridized carbons (Fsp3) is 0.632. The number of likely N-dealkylation sites (N-methyl/N-ethyl adjacent to an activating group) is 1. The highest BCUT2D eigenvalue weighted by atomic mass is 16.6. The molecule has 0 spiro atoms. The molecule has 0 saturated heterocycles. The molecule has 0 aliphatic rings. The first-order chi connectivity index (χ1) is 10.8. The molecule has 1 unspecified atom stereocenters. The Hall–Kier alpha value is -1.55. The lowest BCUT2D eigenvalue weighted by molar-refractivity contribution is 0.0261. The summed E-state index contributed by atoms with van der Waals surface area (Å²) in [7, 11) is 0. The summed E-state index contributed by atoms with van der Waals surface area (Å²) in [5.74, 6) is 0. The number of nitrogens with one attached hydrogen (secondary N) is 1. The van der Waals surface area contributed by atoms with Gasteiger partial charge in [0.15, 0.2) is 0 Å². The van der Waals surface area contributed by atoms with Gasteiger partial charge in [0.05, 0.1) is 0 Å². The van der Waals surface area contributed by atoms with Gasteiger partial charge >= 0.3 is 6.09 Å². The summed E-state index contributed by atoms with van der Waals surface area (Å²) in [6.45, 7) is 14.0. The molecule has 1 aromatic carbocycles. The number of carbonyl (C=O) groups excluding carboxylic acids is 1. The topological polar surface area (TPSA) is 41.6 Å². The maximum absolute atomic E-state index is 12.1. The fourth-order valence-electron chi connectivity index (χ4n) is 2.28. The lowest BCUT2D eigenvalue weighted by Crippen LogP contribution is -2.40. The van der Waals surface area contributed by atoms with E-state index in [0.29, 0.717) is 13.1 Å². The van der Waals surface area contributed by atoms with Gasteiger partial charge in [0, 0.05) is 25.7 Å². The lowest BCUT2D eigenvalue weighted by atomic mass is 10.1. The second-order valence-electron chi connectivity index (χ2n) is 6.83. The summed E-state index contributed by atoms with van der Waals surface area (Å²) >= 11 is 0. The monoisotopic (exact) mass is 320 g/mol. The minimum absolute atomic E-state index is 0.248. The van der Waals surface area contributed by atoms with Gasteiger partial charge in [-0.2, -0.15) is 0 Å². The van der Waals surface area contributed by atoms with Crippen LogP contribution in [-0.4, -0.2) is 36.2 Å². The van der Waals surface area contributed by atoms with Gasteiger partial charge in [0.25, 0.3) is 0 Å². The highest BCUT2D eigenvalue weighted by molar-refractivity contribution is 5.68. The second kappa shape index (κ2) is 8.92. The number of aryl methyl sites for hydroxylation is 1. The minimum Gasteiger partial charge on any atom is -0.444 e. The van der Waals surface area contributed by atoms with E-state index in [9.17, 15) is 4.79 Å². The van der Waals surface area contributed by atoms with Crippen LogP contribution in [0.2, 0.25) is 0 Å². The molecule has 0 aliphatic carbocycles. The molecule has 4 nitrogen and oxygen atoms in total. The van der Waals surface area contributed by atoms with Crippen molar-refractivity contribution in [3.8, 4) is 0 Å². The zero-order chi connectivity index (χ0) is 17.5. The number of carbonyl (C=O) groups is 1. The smallest absolute Gasteiger partial charge is 0.410 e. The first kappa shape index (κ1) is 19.5. The summed E-state index contributed by atoms with van der Waals surface area (Å²) in [5.41, 5.74) is 2.16. The largest absolute Gasteiger partial charge is 0.444 e. The first-order valence-corrected chi connectivity index (χ1v) is 8.57. The van der Waals surface area contributed by atoms with Gasteiger partial charge in [-0.1, -0.05) is 31.2 Å². The standard InChI is InChI=1S/C19H32N2O2/c1-7-16-9-11-17(12-10-16)15(3)20-13-14-21(8-2)18(22)23-19(4,5)6/h9-12,15,20H,7-8,13-14H2,1-6H3. The van der Waals surface area contributed by atoms with Gasteiger partial charge < -0.3 is 15.0 Å². The average molecular weight is 320 g/mol. The molecule has 0 aromatic heterocycles. The molecular weight excluding hydrogens is 288 g/mol. The third-order valence-corrected chi connectivity index (χ3v) is 3.75. The van der Waals surface area contributed by atoms with Crippen LogP contribution in [0.4, 0.5) is 4.79 Å². The zero-order valence-electron chi connectivity index (χ0n) is 15.5. The SMILES string of the molecule is CCc1ccc(C(C)NCCN(CC)C(=O)OC(C)(C)C)cc1. The molecule has 130 valence electrons. The van der Waals surface area contributed by atoms with Crippen molar-refractivity contribution in [1.29, 1.82) is 0 Å². The van der Waals surface area contributed by atoms with Crippen LogP contribution in [0.5, 0.6) is 0 Å². The number of nitrogens with zero attached hydrogens (tertiary/aromatic N) is 1. The molecule has 1 rings (SSSR count).